The maximum atomic E-state index is 10.6. The molecule has 1 radical (unpaired) electrons. The minimum Gasteiger partial charge on any atom is -0.391 e. The summed E-state index contributed by atoms with van der Waals surface area (Å²) in [7, 11) is -3.22. The normalized spacial score (nSPS) is 9.39. The molecule has 7 heteroatoms. The molecule has 2 aromatic heterocycles. The molecule has 93 valence electrons. The standard InChI is InChI=1S/C6H7N2O2S.C5H4N.Y/c1-11(9,10)8-6-4-2-3-5-7-6;1-2-4-6-5-3-1;/h2-3,5H,1H3,(H,7,8);2-5H;/q2*-1;. The van der Waals surface area contributed by atoms with E-state index in [-0.39, 0.29) is 38.5 Å². The summed E-state index contributed by atoms with van der Waals surface area (Å²) in [5.41, 5.74) is 0. The van der Waals surface area contributed by atoms with Gasteiger partial charge in [-0.2, -0.15) is 24.3 Å². The van der Waals surface area contributed by atoms with Crippen LogP contribution in [0.3, 0.4) is 0 Å². The molecular formula is C11H11N3O2SY-2. The van der Waals surface area contributed by atoms with Gasteiger partial charge in [-0.1, -0.05) is 18.6 Å². The number of anilines is 1. The van der Waals surface area contributed by atoms with Crippen molar-refractivity contribution in [2.24, 2.45) is 0 Å². The van der Waals surface area contributed by atoms with E-state index < -0.39 is 10.0 Å². The van der Waals surface area contributed by atoms with Crippen molar-refractivity contribution >= 4 is 15.8 Å². The van der Waals surface area contributed by atoms with Crippen molar-refractivity contribution in [2.75, 3.05) is 11.0 Å². The van der Waals surface area contributed by atoms with Gasteiger partial charge in [0, 0.05) is 38.5 Å². The molecule has 1 N–H and O–H groups in total. The number of nitrogens with one attached hydrogen (secondary N) is 1. The molecule has 0 bridgehead atoms. The van der Waals surface area contributed by atoms with Crippen LogP contribution in [-0.4, -0.2) is 24.6 Å². The molecule has 0 unspecified atom stereocenters. The number of sulfonamides is 1. The average molecular weight is 338 g/mol. The summed E-state index contributed by atoms with van der Waals surface area (Å²) in [6, 6.07) is 12.2. The molecule has 0 aromatic carbocycles. The molecule has 2 rings (SSSR count). The predicted molar refractivity (Wildman–Crippen MR) is 64.6 cm³/mol. The second-order valence-corrected chi connectivity index (χ2v) is 4.70. The van der Waals surface area contributed by atoms with E-state index in [2.05, 4.69) is 26.8 Å². The Hall–Kier alpha value is -0.846. The van der Waals surface area contributed by atoms with E-state index in [9.17, 15) is 8.42 Å². The van der Waals surface area contributed by atoms with Crippen molar-refractivity contribution in [2.45, 2.75) is 0 Å². The van der Waals surface area contributed by atoms with Gasteiger partial charge in [-0.05, 0) is 0 Å². The van der Waals surface area contributed by atoms with Crippen LogP contribution < -0.4 is 4.72 Å². The first-order valence-corrected chi connectivity index (χ1v) is 6.53. The van der Waals surface area contributed by atoms with Crippen LogP contribution in [0.1, 0.15) is 0 Å². The van der Waals surface area contributed by atoms with Gasteiger partial charge in [0.05, 0.1) is 6.26 Å². The Kier molecular flexibility index (Phi) is 8.70. The van der Waals surface area contributed by atoms with Crippen LogP contribution in [0.15, 0.2) is 42.9 Å². The van der Waals surface area contributed by atoms with Gasteiger partial charge in [-0.25, -0.2) is 20.6 Å². The summed E-state index contributed by atoms with van der Waals surface area (Å²) >= 11 is 0. The van der Waals surface area contributed by atoms with Crippen LogP contribution in [0.5, 0.6) is 0 Å². The van der Waals surface area contributed by atoms with Crippen LogP contribution >= 0.6 is 0 Å². The molecule has 0 atom stereocenters. The van der Waals surface area contributed by atoms with Gasteiger partial charge < -0.3 is 4.98 Å². The summed E-state index contributed by atoms with van der Waals surface area (Å²) in [4.78, 5) is 7.47. The molecule has 0 aliphatic rings. The number of hydrogen-bond donors (Lipinski definition) is 1. The molecule has 0 spiro atoms. The van der Waals surface area contributed by atoms with Crippen molar-refractivity contribution in [3.63, 3.8) is 0 Å². The SMILES string of the molecule is CS(=O)(=O)Nc1[c-]cccn1.[Y].[c-]1ccncc1. The Morgan fingerprint density at radius 3 is 2.17 bits per heavy atom. The largest absolute Gasteiger partial charge is 0.391 e. The van der Waals surface area contributed by atoms with Crippen LogP contribution in [0.2, 0.25) is 0 Å². The molecule has 0 aliphatic carbocycles. The smallest absolute Gasteiger partial charge is 0.229 e. The molecular weight excluding hydrogens is 327 g/mol. The van der Waals surface area contributed by atoms with E-state index in [1.54, 1.807) is 36.7 Å². The first-order valence-electron chi connectivity index (χ1n) is 4.64. The summed E-state index contributed by atoms with van der Waals surface area (Å²) in [6.45, 7) is 0. The summed E-state index contributed by atoms with van der Waals surface area (Å²) < 4.78 is 23.4. The van der Waals surface area contributed by atoms with Gasteiger partial charge in [0.25, 0.3) is 0 Å². The fraction of sp³-hybridized carbons (Fsp3) is 0.0909. The zero-order valence-electron chi connectivity index (χ0n) is 9.74. The number of pyridine rings is 2. The van der Waals surface area contributed by atoms with Crippen molar-refractivity contribution in [1.82, 2.24) is 9.97 Å². The number of hydrogen-bond acceptors (Lipinski definition) is 4. The van der Waals surface area contributed by atoms with Crippen LogP contribution in [-0.2, 0) is 42.7 Å². The average Bonchev–Trinajstić information content (AvgIpc) is 2.31. The zero-order valence-corrected chi connectivity index (χ0v) is 13.4. The monoisotopic (exact) mass is 338 g/mol. The zero-order chi connectivity index (χ0) is 12.6. The van der Waals surface area contributed by atoms with Gasteiger partial charge in [-0.15, -0.1) is 0 Å². The molecule has 2 heterocycles. The van der Waals surface area contributed by atoms with E-state index >= 15 is 0 Å². The van der Waals surface area contributed by atoms with E-state index in [0.717, 1.165) is 6.26 Å². The molecule has 0 saturated carbocycles. The van der Waals surface area contributed by atoms with Crippen LogP contribution in [0.25, 0.3) is 0 Å². The molecule has 18 heavy (non-hydrogen) atoms. The van der Waals surface area contributed by atoms with E-state index in [1.807, 2.05) is 0 Å². The third-order valence-electron chi connectivity index (χ3n) is 1.40. The summed E-state index contributed by atoms with van der Waals surface area (Å²) in [5.74, 6) is 0.218. The molecule has 2 aromatic rings. The maximum absolute atomic E-state index is 10.6. The summed E-state index contributed by atoms with van der Waals surface area (Å²) in [6.07, 6.45) is 5.94. The van der Waals surface area contributed by atoms with Gasteiger partial charge in [0.15, 0.2) is 0 Å². The fourth-order valence-corrected chi connectivity index (χ4v) is 1.30. The Balaban J connectivity index is 0.000000352. The molecule has 5 nitrogen and oxygen atoms in total. The number of rotatable bonds is 2. The quantitative estimate of drug-likeness (QED) is 0.834. The maximum Gasteiger partial charge on any atom is 0.229 e. The van der Waals surface area contributed by atoms with Gasteiger partial charge >= 0.3 is 0 Å². The second-order valence-electron chi connectivity index (χ2n) is 2.95. The molecule has 0 saturated heterocycles. The predicted octanol–water partition coefficient (Wildman–Crippen LogP) is 1.13. The van der Waals surface area contributed by atoms with E-state index in [1.165, 1.54) is 6.20 Å². The number of aromatic nitrogens is 2. The van der Waals surface area contributed by atoms with E-state index in [0.29, 0.717) is 0 Å². The third kappa shape index (κ3) is 9.21. The third-order valence-corrected chi connectivity index (χ3v) is 1.97. The molecule has 0 fully saturated rings. The van der Waals surface area contributed by atoms with Crippen molar-refractivity contribution in [3.8, 4) is 0 Å². The van der Waals surface area contributed by atoms with Crippen LogP contribution in [0.4, 0.5) is 5.82 Å². The van der Waals surface area contributed by atoms with Crippen molar-refractivity contribution in [3.05, 3.63) is 55.0 Å². The molecule has 0 amide bonds. The van der Waals surface area contributed by atoms with Gasteiger partial charge in [0.1, 0.15) is 0 Å². The Bertz CT molecular complexity index is 494. The number of nitrogens with zero attached hydrogens (tertiary/aromatic N) is 2. The van der Waals surface area contributed by atoms with Gasteiger partial charge in [0.2, 0.25) is 10.0 Å². The fourth-order valence-electron chi connectivity index (χ4n) is 0.834. The second kappa shape index (κ2) is 9.13. The van der Waals surface area contributed by atoms with E-state index in [4.69, 9.17) is 0 Å². The first kappa shape index (κ1) is 17.2. The van der Waals surface area contributed by atoms with Crippen LogP contribution in [0, 0.1) is 12.1 Å². The Morgan fingerprint density at radius 2 is 1.83 bits per heavy atom. The van der Waals surface area contributed by atoms with Gasteiger partial charge in [-0.3, -0.25) is 9.71 Å². The summed E-state index contributed by atoms with van der Waals surface area (Å²) in [5, 5.41) is 0. The first-order chi connectivity index (χ1) is 8.08. The molecule has 0 aliphatic heterocycles. The topological polar surface area (TPSA) is 72.0 Å². The minimum absolute atomic E-state index is 0. The van der Waals surface area contributed by atoms with Crippen molar-refractivity contribution in [1.29, 1.82) is 0 Å². The Morgan fingerprint density at radius 1 is 1.17 bits per heavy atom. The Labute approximate surface area is 132 Å². The van der Waals surface area contributed by atoms with Crippen molar-refractivity contribution < 1.29 is 41.1 Å². The minimum atomic E-state index is -3.22.